The molecule has 0 spiro atoms. The summed E-state index contributed by atoms with van der Waals surface area (Å²) in [4.78, 5) is 19.8. The van der Waals surface area contributed by atoms with Crippen LogP contribution in [0.1, 0.15) is 47.7 Å². The molecule has 6 nitrogen and oxygen atoms in total. The van der Waals surface area contributed by atoms with Gasteiger partial charge in [0.2, 0.25) is 5.92 Å². The Morgan fingerprint density at radius 3 is 2.75 bits per heavy atom. The van der Waals surface area contributed by atoms with E-state index in [1.165, 1.54) is 12.3 Å². The topological polar surface area (TPSA) is 86.2 Å². The van der Waals surface area contributed by atoms with E-state index in [2.05, 4.69) is 22.1 Å². The van der Waals surface area contributed by atoms with Gasteiger partial charge in [-0.2, -0.15) is 0 Å². The Morgan fingerprint density at radius 1 is 1.31 bits per heavy atom. The van der Waals surface area contributed by atoms with Crippen LogP contribution < -0.4 is 10.2 Å². The summed E-state index contributed by atoms with van der Waals surface area (Å²) in [6.45, 7) is 3.89. The summed E-state index contributed by atoms with van der Waals surface area (Å²) in [6, 6.07) is 6.32. The number of carbonyl (C=O) groups is 1. The predicted octanol–water partition coefficient (Wildman–Crippen LogP) is 4.67. The summed E-state index contributed by atoms with van der Waals surface area (Å²) in [5.74, 6) is 2.87. The molecule has 1 atom stereocenters. The van der Waals surface area contributed by atoms with Crippen molar-refractivity contribution >= 4 is 27.1 Å². The molecule has 1 aliphatic rings. The largest absolute Gasteiger partial charge is 0.356 e. The van der Waals surface area contributed by atoms with Crippen LogP contribution in [-0.4, -0.2) is 40.4 Å². The number of pyridine rings is 1. The van der Waals surface area contributed by atoms with Gasteiger partial charge in [-0.15, -0.1) is 5.92 Å². The zero-order valence-electron chi connectivity index (χ0n) is 18.3. The molecule has 1 fully saturated rings. The third kappa shape index (κ3) is 5.43. The van der Waals surface area contributed by atoms with Crippen molar-refractivity contribution < 1.29 is 17.8 Å². The number of anilines is 2. The maximum atomic E-state index is 13.9. The van der Waals surface area contributed by atoms with Crippen molar-refractivity contribution in [1.82, 2.24) is 4.98 Å². The Balaban J connectivity index is 2.02. The van der Waals surface area contributed by atoms with Crippen molar-refractivity contribution in [2.45, 2.75) is 43.9 Å². The van der Waals surface area contributed by atoms with Crippen LogP contribution in [0.25, 0.3) is 0 Å². The van der Waals surface area contributed by atoms with Gasteiger partial charge in [0.25, 0.3) is 5.91 Å². The maximum Gasteiger partial charge on any atom is 0.259 e. The van der Waals surface area contributed by atoms with Crippen LogP contribution >= 0.6 is 0 Å². The number of halogens is 2. The molecule has 170 valence electrons. The number of nitrogens with zero attached hydrogens (tertiary/aromatic N) is 2. The van der Waals surface area contributed by atoms with Gasteiger partial charge in [-0.05, 0) is 44.0 Å². The van der Waals surface area contributed by atoms with Crippen molar-refractivity contribution in [1.29, 1.82) is 4.78 Å². The first-order valence-corrected chi connectivity index (χ1v) is 12.2. The molecule has 1 aliphatic heterocycles. The molecule has 32 heavy (non-hydrogen) atoms. The summed E-state index contributed by atoms with van der Waals surface area (Å²) >= 11 is 0. The molecule has 0 aliphatic carbocycles. The quantitative estimate of drug-likeness (QED) is 0.649. The normalized spacial score (nSPS) is 17.5. The molecule has 2 N–H and O–H groups in total. The van der Waals surface area contributed by atoms with Crippen LogP contribution in [-0.2, 0) is 9.73 Å². The second-order valence-corrected chi connectivity index (χ2v) is 10.1. The number of carbonyl (C=O) groups excluding carboxylic acids is 1. The Hall–Kier alpha value is -2.99. The lowest BCUT2D eigenvalue weighted by Crippen LogP contribution is -2.30. The highest BCUT2D eigenvalue weighted by atomic mass is 32.2. The fraction of sp³-hybridized carbons (Fsp3) is 0.391. The van der Waals surface area contributed by atoms with Crippen LogP contribution in [0.4, 0.5) is 20.3 Å². The van der Waals surface area contributed by atoms with Crippen molar-refractivity contribution in [3.05, 3.63) is 47.2 Å². The van der Waals surface area contributed by atoms with E-state index in [0.717, 1.165) is 0 Å². The SMILES string of the molecule is CC#Cc1cnc(N2CCCC(F)(F)CC2)c(C(=O)Nc2cccc(S(C)(=N)=O)c2)c1C. The summed E-state index contributed by atoms with van der Waals surface area (Å²) in [5.41, 5.74) is 1.84. The van der Waals surface area contributed by atoms with Gasteiger partial charge in [-0.1, -0.05) is 12.0 Å². The standard InChI is InChI=1S/C23H26F2N4O2S/c1-4-7-17-15-27-21(29-12-6-10-23(24,25)11-13-29)20(16(17)2)22(30)28-18-8-5-9-19(14-18)32(3,26)31/h5,8-9,14-15,26H,6,10-13H2,1-3H3,(H,28,30). The molecule has 2 heterocycles. The number of hydrogen-bond acceptors (Lipinski definition) is 5. The Bertz CT molecular complexity index is 1200. The minimum atomic E-state index is -2.95. The van der Waals surface area contributed by atoms with E-state index in [0.29, 0.717) is 40.5 Å². The van der Waals surface area contributed by atoms with Crippen LogP contribution in [0, 0.1) is 23.5 Å². The van der Waals surface area contributed by atoms with Crippen LogP contribution in [0.3, 0.4) is 0 Å². The number of amides is 1. The highest BCUT2D eigenvalue weighted by molar-refractivity contribution is 7.91. The van der Waals surface area contributed by atoms with Crippen LogP contribution in [0.5, 0.6) is 0 Å². The lowest BCUT2D eigenvalue weighted by molar-refractivity contribution is -0.0102. The zero-order valence-corrected chi connectivity index (χ0v) is 19.1. The first-order valence-electron chi connectivity index (χ1n) is 10.2. The second kappa shape index (κ2) is 9.25. The van der Waals surface area contributed by atoms with E-state index in [1.54, 1.807) is 43.1 Å². The smallest absolute Gasteiger partial charge is 0.259 e. The molecule has 0 bridgehead atoms. The molecule has 0 radical (unpaired) electrons. The van der Waals surface area contributed by atoms with Crippen LogP contribution in [0.2, 0.25) is 0 Å². The minimum absolute atomic E-state index is 0.0880. The van der Waals surface area contributed by atoms with E-state index in [4.69, 9.17) is 4.78 Å². The summed E-state index contributed by atoms with van der Waals surface area (Å²) in [7, 11) is -2.95. The average Bonchev–Trinajstić information content (AvgIpc) is 2.89. The molecule has 1 amide bonds. The highest BCUT2D eigenvalue weighted by Gasteiger charge is 2.33. The van der Waals surface area contributed by atoms with E-state index < -0.39 is 21.6 Å². The Labute approximate surface area is 187 Å². The van der Waals surface area contributed by atoms with Gasteiger partial charge in [-0.3, -0.25) is 4.79 Å². The van der Waals surface area contributed by atoms with Gasteiger partial charge in [-0.25, -0.2) is 22.8 Å². The van der Waals surface area contributed by atoms with Gasteiger partial charge in [0.05, 0.1) is 15.3 Å². The highest BCUT2D eigenvalue weighted by Crippen LogP contribution is 2.32. The summed E-state index contributed by atoms with van der Waals surface area (Å²) < 4.78 is 47.6. The van der Waals surface area contributed by atoms with E-state index in [1.807, 2.05) is 0 Å². The van der Waals surface area contributed by atoms with Gasteiger partial charge >= 0.3 is 0 Å². The molecule has 1 aromatic heterocycles. The third-order valence-corrected chi connectivity index (χ3v) is 6.52. The third-order valence-electron chi connectivity index (χ3n) is 5.36. The molecule has 0 saturated carbocycles. The van der Waals surface area contributed by atoms with Gasteiger partial charge in [0.1, 0.15) is 5.82 Å². The molecule has 3 rings (SSSR count). The molecule has 1 saturated heterocycles. The summed E-state index contributed by atoms with van der Waals surface area (Å²) in [5, 5.41) is 2.78. The fourth-order valence-corrected chi connectivity index (χ4v) is 4.34. The average molecular weight is 461 g/mol. The predicted molar refractivity (Wildman–Crippen MR) is 122 cm³/mol. The first-order chi connectivity index (χ1) is 15.0. The first kappa shape index (κ1) is 23.7. The molecule has 2 aromatic rings. The number of aromatic nitrogens is 1. The van der Waals surface area contributed by atoms with Gasteiger partial charge in [0.15, 0.2) is 0 Å². The molecule has 1 unspecified atom stereocenters. The van der Waals surface area contributed by atoms with E-state index in [-0.39, 0.29) is 24.9 Å². The molecular weight excluding hydrogens is 434 g/mol. The number of nitrogens with one attached hydrogen (secondary N) is 2. The fourth-order valence-electron chi connectivity index (χ4n) is 3.65. The lowest BCUT2D eigenvalue weighted by atomic mass is 10.0. The second-order valence-electron chi connectivity index (χ2n) is 7.89. The Morgan fingerprint density at radius 2 is 2.06 bits per heavy atom. The van der Waals surface area contributed by atoms with Crippen LogP contribution in [0.15, 0.2) is 35.4 Å². The maximum absolute atomic E-state index is 13.9. The number of hydrogen-bond donors (Lipinski definition) is 2. The van der Waals surface area contributed by atoms with E-state index >= 15 is 0 Å². The monoisotopic (exact) mass is 460 g/mol. The number of alkyl halides is 2. The van der Waals surface area contributed by atoms with Crippen molar-refractivity contribution in [2.75, 3.05) is 29.6 Å². The van der Waals surface area contributed by atoms with Crippen molar-refractivity contribution in [3.63, 3.8) is 0 Å². The molecule has 1 aromatic carbocycles. The zero-order chi connectivity index (χ0) is 23.5. The lowest BCUT2D eigenvalue weighted by Gasteiger charge is -2.25. The Kier molecular flexibility index (Phi) is 6.84. The van der Waals surface area contributed by atoms with Crippen molar-refractivity contribution in [3.8, 4) is 11.8 Å². The number of benzene rings is 1. The number of rotatable bonds is 4. The van der Waals surface area contributed by atoms with Gasteiger partial charge < -0.3 is 10.2 Å². The molecule has 9 heteroatoms. The summed E-state index contributed by atoms with van der Waals surface area (Å²) in [6.07, 6.45) is 2.67. The van der Waals surface area contributed by atoms with Crippen molar-refractivity contribution in [2.24, 2.45) is 0 Å². The molecular formula is C23H26F2N4O2S. The minimum Gasteiger partial charge on any atom is -0.356 e. The van der Waals surface area contributed by atoms with Gasteiger partial charge in [0, 0.05) is 54.5 Å². The van der Waals surface area contributed by atoms with E-state index in [9.17, 15) is 17.8 Å².